The lowest BCUT2D eigenvalue weighted by Crippen LogP contribution is -2.15. The van der Waals surface area contributed by atoms with Crippen LogP contribution < -0.4 is 4.74 Å². The molecular formula is C18H17NO6. The molecule has 2 aromatic rings. The van der Waals surface area contributed by atoms with Gasteiger partial charge in [0.25, 0.3) is 5.69 Å². The lowest BCUT2D eigenvalue weighted by Gasteiger charge is -2.20. The molecule has 2 aromatic carbocycles. The normalized spacial score (nSPS) is 12.8. The molecule has 0 spiro atoms. The second-order valence-corrected chi connectivity index (χ2v) is 5.78. The lowest BCUT2D eigenvalue weighted by atomic mass is 10.1. The zero-order valence-electron chi connectivity index (χ0n) is 13.7. The first-order chi connectivity index (χ1) is 12.0. The zero-order chi connectivity index (χ0) is 17.8. The molecule has 0 saturated carbocycles. The van der Waals surface area contributed by atoms with Crippen LogP contribution in [0.5, 0.6) is 5.75 Å². The van der Waals surface area contributed by atoms with Gasteiger partial charge in [-0.15, -0.1) is 0 Å². The summed E-state index contributed by atoms with van der Waals surface area (Å²) in [4.78, 5) is 22.6. The van der Waals surface area contributed by atoms with Crippen molar-refractivity contribution >= 4 is 11.7 Å². The van der Waals surface area contributed by atoms with Crippen LogP contribution in [0.1, 0.15) is 22.3 Å². The number of rotatable bonds is 5. The summed E-state index contributed by atoms with van der Waals surface area (Å²) in [6.07, 6.45) is 0.140. The Hall–Kier alpha value is -2.93. The number of nitro groups is 1. The Labute approximate surface area is 144 Å². The van der Waals surface area contributed by atoms with Crippen molar-refractivity contribution in [1.29, 1.82) is 0 Å². The van der Waals surface area contributed by atoms with Gasteiger partial charge in [-0.05, 0) is 12.5 Å². The van der Waals surface area contributed by atoms with Gasteiger partial charge in [0.2, 0.25) is 0 Å². The molecule has 0 radical (unpaired) electrons. The van der Waals surface area contributed by atoms with E-state index >= 15 is 0 Å². The Bertz CT molecular complexity index is 800. The molecule has 1 heterocycles. The van der Waals surface area contributed by atoms with E-state index in [-0.39, 0.29) is 32.1 Å². The van der Waals surface area contributed by atoms with Crippen molar-refractivity contribution in [3.63, 3.8) is 0 Å². The van der Waals surface area contributed by atoms with Crippen molar-refractivity contribution in [2.24, 2.45) is 0 Å². The molecule has 0 aliphatic carbocycles. The van der Waals surface area contributed by atoms with Gasteiger partial charge >= 0.3 is 5.97 Å². The minimum absolute atomic E-state index is 0.0646. The fourth-order valence-corrected chi connectivity index (χ4v) is 2.58. The van der Waals surface area contributed by atoms with E-state index in [1.807, 2.05) is 31.2 Å². The van der Waals surface area contributed by atoms with Crippen LogP contribution in [0.2, 0.25) is 0 Å². The van der Waals surface area contributed by atoms with Crippen molar-refractivity contribution in [3.05, 3.63) is 68.8 Å². The van der Waals surface area contributed by atoms with Crippen LogP contribution in [0, 0.1) is 17.0 Å². The molecule has 3 rings (SSSR count). The van der Waals surface area contributed by atoms with Gasteiger partial charge in [-0.1, -0.05) is 29.8 Å². The highest BCUT2D eigenvalue weighted by atomic mass is 16.7. The van der Waals surface area contributed by atoms with E-state index in [0.717, 1.165) is 11.1 Å². The summed E-state index contributed by atoms with van der Waals surface area (Å²) in [6, 6.07) is 10.4. The number of carbonyl (C=O) groups excluding carboxylic acids is 1. The Morgan fingerprint density at radius 2 is 2.04 bits per heavy atom. The van der Waals surface area contributed by atoms with Gasteiger partial charge < -0.3 is 14.2 Å². The predicted octanol–water partition coefficient (Wildman–Crippen LogP) is 3.06. The number of aryl methyl sites for hydroxylation is 1. The topological polar surface area (TPSA) is 87.9 Å². The van der Waals surface area contributed by atoms with E-state index in [4.69, 9.17) is 14.2 Å². The van der Waals surface area contributed by atoms with Gasteiger partial charge in [-0.3, -0.25) is 14.9 Å². The summed E-state index contributed by atoms with van der Waals surface area (Å²) in [5, 5.41) is 11.1. The maximum Gasteiger partial charge on any atom is 0.310 e. The van der Waals surface area contributed by atoms with Crippen LogP contribution in [-0.4, -0.2) is 17.7 Å². The Morgan fingerprint density at radius 1 is 1.28 bits per heavy atom. The number of benzene rings is 2. The van der Waals surface area contributed by atoms with E-state index in [1.54, 1.807) is 0 Å². The van der Waals surface area contributed by atoms with Gasteiger partial charge in [0.1, 0.15) is 12.4 Å². The summed E-state index contributed by atoms with van der Waals surface area (Å²) in [6.45, 7) is 2.17. The number of nitrogens with zero attached hydrogens (tertiary/aromatic N) is 1. The molecule has 0 N–H and O–H groups in total. The molecule has 0 unspecified atom stereocenters. The zero-order valence-corrected chi connectivity index (χ0v) is 13.7. The number of carbonyl (C=O) groups is 1. The number of nitro benzene ring substituents is 1. The minimum atomic E-state index is -0.494. The number of non-ortho nitro benzene ring substituents is 1. The summed E-state index contributed by atoms with van der Waals surface area (Å²) < 4.78 is 15.8. The van der Waals surface area contributed by atoms with Gasteiger partial charge in [-0.2, -0.15) is 0 Å². The smallest absolute Gasteiger partial charge is 0.310 e. The lowest BCUT2D eigenvalue weighted by molar-refractivity contribution is -0.385. The Kier molecular flexibility index (Phi) is 4.95. The highest BCUT2D eigenvalue weighted by molar-refractivity contribution is 5.72. The van der Waals surface area contributed by atoms with E-state index in [9.17, 15) is 14.9 Å². The molecule has 0 atom stereocenters. The van der Waals surface area contributed by atoms with E-state index in [0.29, 0.717) is 16.9 Å². The molecule has 25 heavy (non-hydrogen) atoms. The SMILES string of the molecule is Cc1ccc(CC(=O)OCc2cc([N+](=O)[O-])cc3c2OCOC3)cc1. The van der Waals surface area contributed by atoms with Crippen molar-refractivity contribution in [1.82, 2.24) is 0 Å². The third-order valence-corrected chi connectivity index (χ3v) is 3.84. The molecular weight excluding hydrogens is 326 g/mol. The second-order valence-electron chi connectivity index (χ2n) is 5.78. The molecule has 0 amide bonds. The predicted molar refractivity (Wildman–Crippen MR) is 88.1 cm³/mol. The van der Waals surface area contributed by atoms with E-state index in [2.05, 4.69) is 0 Å². The van der Waals surface area contributed by atoms with E-state index < -0.39 is 10.9 Å². The number of hydrogen-bond acceptors (Lipinski definition) is 6. The third-order valence-electron chi connectivity index (χ3n) is 3.84. The average Bonchev–Trinajstić information content (AvgIpc) is 2.61. The first kappa shape index (κ1) is 16.9. The standard InChI is InChI=1S/C18H17NO6/c1-12-2-4-13(5-3-12)6-17(20)24-10-15-8-16(19(21)22)7-14-9-23-11-25-18(14)15/h2-5,7-8H,6,9-11H2,1H3. The molecule has 1 aliphatic rings. The van der Waals surface area contributed by atoms with Gasteiger partial charge in [0.05, 0.1) is 18.0 Å². The van der Waals surface area contributed by atoms with Crippen LogP contribution in [-0.2, 0) is 33.9 Å². The first-order valence-electron chi connectivity index (χ1n) is 7.75. The van der Waals surface area contributed by atoms with Crippen molar-refractivity contribution in [2.75, 3.05) is 6.79 Å². The molecule has 130 valence electrons. The average molecular weight is 343 g/mol. The Morgan fingerprint density at radius 3 is 2.76 bits per heavy atom. The van der Waals surface area contributed by atoms with Crippen LogP contribution in [0.4, 0.5) is 5.69 Å². The third kappa shape index (κ3) is 4.13. The Balaban J connectivity index is 1.71. The monoisotopic (exact) mass is 343 g/mol. The second kappa shape index (κ2) is 7.31. The van der Waals surface area contributed by atoms with Crippen molar-refractivity contribution in [2.45, 2.75) is 26.6 Å². The summed E-state index contributed by atoms with van der Waals surface area (Å²) in [5.41, 5.74) is 2.91. The molecule has 0 saturated heterocycles. The maximum atomic E-state index is 12.0. The first-order valence-corrected chi connectivity index (χ1v) is 7.75. The summed E-state index contributed by atoms with van der Waals surface area (Å²) in [5.74, 6) is 0.0798. The molecule has 7 heteroatoms. The highest BCUT2D eigenvalue weighted by Crippen LogP contribution is 2.33. The van der Waals surface area contributed by atoms with Gasteiger partial charge in [0, 0.05) is 23.3 Å². The fourth-order valence-electron chi connectivity index (χ4n) is 2.58. The summed E-state index contributed by atoms with van der Waals surface area (Å²) >= 11 is 0. The maximum absolute atomic E-state index is 12.0. The highest BCUT2D eigenvalue weighted by Gasteiger charge is 2.21. The minimum Gasteiger partial charge on any atom is -0.467 e. The number of ether oxygens (including phenoxy) is 3. The number of hydrogen-bond donors (Lipinski definition) is 0. The van der Waals surface area contributed by atoms with Gasteiger partial charge in [-0.25, -0.2) is 0 Å². The van der Waals surface area contributed by atoms with Crippen molar-refractivity contribution in [3.8, 4) is 5.75 Å². The van der Waals surface area contributed by atoms with Crippen LogP contribution in [0.3, 0.4) is 0 Å². The van der Waals surface area contributed by atoms with Crippen LogP contribution in [0.15, 0.2) is 36.4 Å². The molecule has 0 fully saturated rings. The molecule has 0 aromatic heterocycles. The number of esters is 1. The molecule has 1 aliphatic heterocycles. The van der Waals surface area contributed by atoms with E-state index in [1.165, 1.54) is 12.1 Å². The number of fused-ring (bicyclic) bond motifs is 1. The summed E-state index contributed by atoms with van der Waals surface area (Å²) in [7, 11) is 0. The van der Waals surface area contributed by atoms with Crippen LogP contribution >= 0.6 is 0 Å². The van der Waals surface area contributed by atoms with Crippen LogP contribution in [0.25, 0.3) is 0 Å². The van der Waals surface area contributed by atoms with Gasteiger partial charge in [0.15, 0.2) is 6.79 Å². The molecule has 7 nitrogen and oxygen atoms in total. The van der Waals surface area contributed by atoms with Crippen molar-refractivity contribution < 1.29 is 23.9 Å². The fraction of sp³-hybridized carbons (Fsp3) is 0.278. The quantitative estimate of drug-likeness (QED) is 0.471. The molecule has 0 bridgehead atoms. The largest absolute Gasteiger partial charge is 0.467 e.